The molecule has 29 heavy (non-hydrogen) atoms. The highest BCUT2D eigenvalue weighted by atomic mass is 32.2. The van der Waals surface area contributed by atoms with Crippen LogP contribution in [0.5, 0.6) is 0 Å². The van der Waals surface area contributed by atoms with Crippen molar-refractivity contribution in [3.05, 3.63) is 52.6 Å². The Balaban J connectivity index is 1.61. The number of aromatic nitrogens is 2. The van der Waals surface area contributed by atoms with Crippen molar-refractivity contribution >= 4 is 40.5 Å². The summed E-state index contributed by atoms with van der Waals surface area (Å²) in [5, 5.41) is 14.7. The summed E-state index contributed by atoms with van der Waals surface area (Å²) in [5.41, 5.74) is 5.01. The van der Waals surface area contributed by atoms with Gasteiger partial charge in [-0.15, -0.1) is 0 Å². The van der Waals surface area contributed by atoms with Gasteiger partial charge in [-0.1, -0.05) is 12.1 Å². The van der Waals surface area contributed by atoms with Crippen LogP contribution in [0.25, 0.3) is 17.4 Å². The van der Waals surface area contributed by atoms with E-state index in [1.165, 1.54) is 30.3 Å². The number of nitrogens with zero attached hydrogens (tertiary/aromatic N) is 3. The van der Waals surface area contributed by atoms with Crippen LogP contribution in [0.15, 0.2) is 50.3 Å². The van der Waals surface area contributed by atoms with E-state index in [1.54, 1.807) is 0 Å². The van der Waals surface area contributed by atoms with Gasteiger partial charge in [-0.2, -0.15) is 13.2 Å². The first-order chi connectivity index (χ1) is 13.7. The predicted octanol–water partition coefficient (Wildman–Crippen LogP) is 3.99. The molecule has 0 unspecified atom stereocenters. The predicted molar refractivity (Wildman–Crippen MR) is 98.6 cm³/mol. The first-order valence-corrected chi connectivity index (χ1v) is 8.74. The summed E-state index contributed by atoms with van der Waals surface area (Å²) in [6.07, 6.45) is -3.09. The number of rotatable bonds is 3. The van der Waals surface area contributed by atoms with Gasteiger partial charge in [0, 0.05) is 11.6 Å². The zero-order valence-electron chi connectivity index (χ0n) is 14.2. The normalized spacial score (nSPS) is 16.2. The van der Waals surface area contributed by atoms with Crippen LogP contribution in [0, 0.1) is 5.41 Å². The van der Waals surface area contributed by atoms with Gasteiger partial charge in [-0.05, 0) is 46.3 Å². The van der Waals surface area contributed by atoms with Crippen LogP contribution < -0.4 is 10.6 Å². The van der Waals surface area contributed by atoms with Crippen LogP contribution >= 0.6 is 11.8 Å². The van der Waals surface area contributed by atoms with Crippen molar-refractivity contribution in [1.29, 1.82) is 5.41 Å². The molecule has 2 aromatic heterocycles. The lowest BCUT2D eigenvalue weighted by atomic mass is 10.1. The number of furan rings is 1. The fourth-order valence-corrected chi connectivity index (χ4v) is 3.41. The number of nitrogen functional groups attached to an aromatic ring is 1. The number of thioether (sulfide) groups is 1. The van der Waals surface area contributed by atoms with Gasteiger partial charge < -0.3 is 10.2 Å². The standard InChI is InChI=1S/C17H10F3N5O3S/c18-17(19,20)9-3-1-2-8(6-9)11-5-4-10(27-11)7-12-15(26)25(16(22)29-12)14-13(21)23-28-24-14/h1-7,22H,(H2,21,23)/b12-7+,22-16?. The highest BCUT2D eigenvalue weighted by Crippen LogP contribution is 2.37. The number of carbonyl (C=O) groups is 1. The highest BCUT2D eigenvalue weighted by molar-refractivity contribution is 8.19. The molecule has 8 nitrogen and oxygen atoms in total. The van der Waals surface area contributed by atoms with Crippen molar-refractivity contribution in [3.8, 4) is 11.3 Å². The molecule has 1 aliphatic heterocycles. The van der Waals surface area contributed by atoms with E-state index in [4.69, 9.17) is 15.6 Å². The van der Waals surface area contributed by atoms with E-state index < -0.39 is 17.6 Å². The number of amidine groups is 1. The third-order valence-corrected chi connectivity index (χ3v) is 4.79. The van der Waals surface area contributed by atoms with Crippen molar-refractivity contribution < 1.29 is 27.0 Å². The Morgan fingerprint density at radius 3 is 2.69 bits per heavy atom. The summed E-state index contributed by atoms with van der Waals surface area (Å²) in [6.45, 7) is 0. The minimum absolute atomic E-state index is 0.0972. The number of anilines is 2. The highest BCUT2D eigenvalue weighted by Gasteiger charge is 2.37. The topological polar surface area (TPSA) is 122 Å². The molecule has 0 bridgehead atoms. The number of amides is 1. The zero-order chi connectivity index (χ0) is 20.8. The molecule has 0 aliphatic carbocycles. The fraction of sp³-hybridized carbons (Fsp3) is 0.0588. The molecule has 3 N–H and O–H groups in total. The average Bonchev–Trinajstić information content (AvgIpc) is 3.36. The second-order valence-electron chi connectivity index (χ2n) is 5.81. The maximum atomic E-state index is 12.9. The van der Waals surface area contributed by atoms with Gasteiger partial charge in [0.05, 0.1) is 10.5 Å². The van der Waals surface area contributed by atoms with Crippen molar-refractivity contribution in [1.82, 2.24) is 10.3 Å². The molecular formula is C17H10F3N5O3S. The van der Waals surface area contributed by atoms with Crippen molar-refractivity contribution in [2.24, 2.45) is 0 Å². The molecule has 1 fully saturated rings. The van der Waals surface area contributed by atoms with Crippen LogP contribution in [0.3, 0.4) is 0 Å². The van der Waals surface area contributed by atoms with Crippen LogP contribution in [0.1, 0.15) is 11.3 Å². The largest absolute Gasteiger partial charge is 0.457 e. The smallest absolute Gasteiger partial charge is 0.416 e. The zero-order valence-corrected chi connectivity index (χ0v) is 15.0. The quantitative estimate of drug-likeness (QED) is 0.613. The number of hydrogen-bond donors (Lipinski definition) is 2. The summed E-state index contributed by atoms with van der Waals surface area (Å²) >= 11 is 0.841. The first-order valence-electron chi connectivity index (χ1n) is 7.92. The summed E-state index contributed by atoms with van der Waals surface area (Å²) in [4.78, 5) is 13.6. The van der Waals surface area contributed by atoms with E-state index in [0.29, 0.717) is 0 Å². The molecule has 0 spiro atoms. The average molecular weight is 421 g/mol. The molecule has 1 aliphatic rings. The third-order valence-electron chi connectivity index (χ3n) is 3.91. The Morgan fingerprint density at radius 2 is 2.00 bits per heavy atom. The van der Waals surface area contributed by atoms with Gasteiger partial charge in [0.25, 0.3) is 5.91 Å². The van der Waals surface area contributed by atoms with E-state index in [2.05, 4.69) is 14.9 Å². The van der Waals surface area contributed by atoms with Gasteiger partial charge in [-0.3, -0.25) is 10.2 Å². The molecule has 148 valence electrons. The van der Waals surface area contributed by atoms with Crippen LogP contribution in [0.4, 0.5) is 24.8 Å². The van der Waals surface area contributed by atoms with Crippen molar-refractivity contribution in [3.63, 3.8) is 0 Å². The lowest BCUT2D eigenvalue weighted by molar-refractivity contribution is -0.137. The van der Waals surface area contributed by atoms with Crippen LogP contribution in [0.2, 0.25) is 0 Å². The number of benzene rings is 1. The van der Waals surface area contributed by atoms with E-state index >= 15 is 0 Å². The lowest BCUT2D eigenvalue weighted by Gasteiger charge is -2.08. The Labute approximate surface area is 164 Å². The SMILES string of the molecule is N=C1S/C(=C/c2ccc(-c3cccc(C(F)(F)F)c3)o2)C(=O)N1c1nonc1N. The summed E-state index contributed by atoms with van der Waals surface area (Å²) < 4.78 is 48.7. The second-order valence-corrected chi connectivity index (χ2v) is 6.84. The molecule has 0 saturated carbocycles. The minimum atomic E-state index is -4.47. The maximum Gasteiger partial charge on any atom is 0.416 e. The number of alkyl halides is 3. The molecule has 3 heterocycles. The maximum absolute atomic E-state index is 12.9. The molecule has 0 atom stereocenters. The molecule has 0 radical (unpaired) electrons. The number of nitrogens with one attached hydrogen (secondary N) is 1. The molecule has 1 amide bonds. The monoisotopic (exact) mass is 421 g/mol. The Hall–Kier alpha value is -3.54. The molecule has 3 aromatic rings. The first kappa shape index (κ1) is 18.8. The fourth-order valence-electron chi connectivity index (χ4n) is 2.59. The number of halogens is 3. The minimum Gasteiger partial charge on any atom is -0.457 e. The van der Waals surface area contributed by atoms with E-state index in [9.17, 15) is 18.0 Å². The van der Waals surface area contributed by atoms with E-state index in [-0.39, 0.29) is 38.8 Å². The van der Waals surface area contributed by atoms with Gasteiger partial charge in [-0.25, -0.2) is 9.53 Å². The van der Waals surface area contributed by atoms with Gasteiger partial charge >= 0.3 is 6.18 Å². The van der Waals surface area contributed by atoms with E-state index in [0.717, 1.165) is 28.8 Å². The Morgan fingerprint density at radius 1 is 1.21 bits per heavy atom. The molecular weight excluding hydrogens is 411 g/mol. The van der Waals surface area contributed by atoms with Crippen LogP contribution in [-0.4, -0.2) is 21.4 Å². The second kappa shape index (κ2) is 6.81. The van der Waals surface area contributed by atoms with Crippen molar-refractivity contribution in [2.75, 3.05) is 10.6 Å². The van der Waals surface area contributed by atoms with Gasteiger partial charge in [0.15, 0.2) is 5.17 Å². The van der Waals surface area contributed by atoms with Gasteiger partial charge in [0.2, 0.25) is 11.6 Å². The Bertz CT molecular complexity index is 1150. The molecule has 1 aromatic carbocycles. The molecule has 1 saturated heterocycles. The Kier molecular flexibility index (Phi) is 4.42. The van der Waals surface area contributed by atoms with E-state index in [1.807, 2.05) is 0 Å². The number of hydrogen-bond acceptors (Lipinski definition) is 8. The number of carbonyl (C=O) groups excluding carboxylic acids is 1. The van der Waals surface area contributed by atoms with Crippen LogP contribution in [-0.2, 0) is 11.0 Å². The lowest BCUT2D eigenvalue weighted by Crippen LogP contribution is -2.29. The van der Waals surface area contributed by atoms with Crippen molar-refractivity contribution in [2.45, 2.75) is 6.18 Å². The third kappa shape index (κ3) is 3.49. The molecule has 12 heteroatoms. The summed E-state index contributed by atoms with van der Waals surface area (Å²) in [7, 11) is 0. The number of nitrogens with two attached hydrogens (primary N) is 1. The summed E-state index contributed by atoms with van der Waals surface area (Å²) in [5.74, 6) is -0.390. The molecule has 4 rings (SSSR count). The van der Waals surface area contributed by atoms with Gasteiger partial charge in [0.1, 0.15) is 11.5 Å². The summed E-state index contributed by atoms with van der Waals surface area (Å²) in [6, 6.07) is 7.71.